The van der Waals surface area contributed by atoms with E-state index in [-0.39, 0.29) is 18.6 Å². The van der Waals surface area contributed by atoms with Crippen LogP contribution in [0, 0.1) is 0 Å². The van der Waals surface area contributed by atoms with Crippen molar-refractivity contribution in [1.82, 2.24) is 30.1 Å². The molecule has 3 aromatic heterocycles. The molecule has 0 radical (unpaired) electrons. The highest BCUT2D eigenvalue weighted by Crippen LogP contribution is 2.36. The van der Waals surface area contributed by atoms with Crippen molar-refractivity contribution in [3.05, 3.63) is 36.7 Å². The maximum atomic E-state index is 11.4. The first-order chi connectivity index (χ1) is 13.7. The summed E-state index contributed by atoms with van der Waals surface area (Å²) >= 11 is 0. The SMILES string of the molecule is CC(=O)Nc1nc(-c2ncn[nH]2)c2nc(-c3ccc4c(c3)OCO4)ccc2n1. The molecule has 1 aromatic carbocycles. The van der Waals surface area contributed by atoms with E-state index in [9.17, 15) is 4.79 Å². The number of nitrogens with one attached hydrogen (secondary N) is 2. The maximum Gasteiger partial charge on any atom is 0.231 e. The average Bonchev–Trinajstić information content (AvgIpc) is 3.37. The molecule has 5 rings (SSSR count). The van der Waals surface area contributed by atoms with Crippen molar-refractivity contribution >= 4 is 22.9 Å². The van der Waals surface area contributed by atoms with Crippen molar-refractivity contribution in [3.63, 3.8) is 0 Å². The van der Waals surface area contributed by atoms with Crippen LogP contribution in [-0.2, 0) is 4.79 Å². The van der Waals surface area contributed by atoms with E-state index in [0.29, 0.717) is 39.7 Å². The summed E-state index contributed by atoms with van der Waals surface area (Å²) in [4.78, 5) is 29.1. The minimum atomic E-state index is -0.271. The van der Waals surface area contributed by atoms with Crippen LogP contribution in [0.15, 0.2) is 36.7 Å². The molecule has 0 aliphatic carbocycles. The number of fused-ring (bicyclic) bond motifs is 2. The number of nitrogens with zero attached hydrogens (tertiary/aromatic N) is 5. The third kappa shape index (κ3) is 2.76. The molecule has 10 heteroatoms. The third-order valence-electron chi connectivity index (χ3n) is 4.14. The molecule has 0 saturated heterocycles. The summed E-state index contributed by atoms with van der Waals surface area (Å²) in [5.74, 6) is 1.70. The Kier molecular flexibility index (Phi) is 3.61. The van der Waals surface area contributed by atoms with E-state index in [1.54, 1.807) is 0 Å². The Labute approximate surface area is 158 Å². The molecule has 0 bridgehead atoms. The number of rotatable bonds is 3. The summed E-state index contributed by atoms with van der Waals surface area (Å²) in [7, 11) is 0. The van der Waals surface area contributed by atoms with Crippen LogP contribution in [0.25, 0.3) is 33.8 Å². The van der Waals surface area contributed by atoms with Gasteiger partial charge in [-0.05, 0) is 30.3 Å². The molecule has 28 heavy (non-hydrogen) atoms. The Morgan fingerprint density at radius 3 is 2.82 bits per heavy atom. The van der Waals surface area contributed by atoms with Crippen molar-refractivity contribution < 1.29 is 14.3 Å². The van der Waals surface area contributed by atoms with Gasteiger partial charge in [-0.2, -0.15) is 5.10 Å². The van der Waals surface area contributed by atoms with E-state index >= 15 is 0 Å². The van der Waals surface area contributed by atoms with Gasteiger partial charge in [0.1, 0.15) is 17.5 Å². The van der Waals surface area contributed by atoms with Gasteiger partial charge in [-0.25, -0.2) is 19.9 Å². The van der Waals surface area contributed by atoms with Gasteiger partial charge in [0.05, 0.1) is 11.2 Å². The molecule has 0 unspecified atom stereocenters. The number of anilines is 1. The van der Waals surface area contributed by atoms with Gasteiger partial charge in [0.15, 0.2) is 17.3 Å². The Balaban J connectivity index is 1.68. The van der Waals surface area contributed by atoms with Gasteiger partial charge in [-0.15, -0.1) is 0 Å². The summed E-state index contributed by atoms with van der Waals surface area (Å²) in [6, 6.07) is 9.28. The van der Waals surface area contributed by atoms with Crippen LogP contribution in [0.5, 0.6) is 11.5 Å². The van der Waals surface area contributed by atoms with Crippen LogP contribution in [0.1, 0.15) is 6.92 Å². The molecule has 1 amide bonds. The van der Waals surface area contributed by atoms with Crippen LogP contribution in [0.2, 0.25) is 0 Å². The predicted molar refractivity (Wildman–Crippen MR) is 98.6 cm³/mol. The van der Waals surface area contributed by atoms with E-state index in [4.69, 9.17) is 14.5 Å². The molecule has 4 heterocycles. The highest BCUT2D eigenvalue weighted by Gasteiger charge is 2.17. The second kappa shape index (κ2) is 6.27. The number of carbonyl (C=O) groups excluding carboxylic acids is 1. The molecular weight excluding hydrogens is 362 g/mol. The van der Waals surface area contributed by atoms with E-state index in [1.165, 1.54) is 13.3 Å². The smallest absolute Gasteiger partial charge is 0.231 e. The van der Waals surface area contributed by atoms with Crippen LogP contribution >= 0.6 is 0 Å². The van der Waals surface area contributed by atoms with Gasteiger partial charge in [0.25, 0.3) is 0 Å². The number of amides is 1. The van der Waals surface area contributed by atoms with Gasteiger partial charge in [-0.1, -0.05) is 0 Å². The first-order valence-electron chi connectivity index (χ1n) is 8.39. The standard InChI is InChI=1S/C18H13N7O3/c1-9(26)21-18-23-12-4-3-11(10-2-5-13-14(6-10)28-8-27-13)22-15(12)16(24-18)17-19-7-20-25-17/h2-7H,8H2,1H3,(H,19,20,25)(H,21,23,24,26). The van der Waals surface area contributed by atoms with Gasteiger partial charge in [0, 0.05) is 12.5 Å². The largest absolute Gasteiger partial charge is 0.454 e. The molecule has 0 spiro atoms. The van der Waals surface area contributed by atoms with Crippen molar-refractivity contribution in [2.24, 2.45) is 0 Å². The lowest BCUT2D eigenvalue weighted by molar-refractivity contribution is -0.114. The predicted octanol–water partition coefficient (Wildman–Crippen LogP) is 2.16. The van der Waals surface area contributed by atoms with Crippen molar-refractivity contribution in [2.45, 2.75) is 6.92 Å². The van der Waals surface area contributed by atoms with Crippen molar-refractivity contribution in [3.8, 4) is 34.3 Å². The number of carbonyl (C=O) groups is 1. The molecule has 0 fully saturated rings. The van der Waals surface area contributed by atoms with E-state index in [2.05, 4.69) is 30.5 Å². The van der Waals surface area contributed by atoms with Gasteiger partial charge < -0.3 is 9.47 Å². The molecule has 1 aliphatic rings. The number of aromatic amines is 1. The molecule has 0 atom stereocenters. The number of benzene rings is 1. The molecule has 1 aliphatic heterocycles. The zero-order chi connectivity index (χ0) is 19.1. The lowest BCUT2D eigenvalue weighted by Crippen LogP contribution is -2.10. The van der Waals surface area contributed by atoms with Gasteiger partial charge in [0.2, 0.25) is 18.6 Å². The lowest BCUT2D eigenvalue weighted by Gasteiger charge is -2.09. The monoisotopic (exact) mass is 375 g/mol. The number of pyridine rings is 1. The lowest BCUT2D eigenvalue weighted by atomic mass is 10.1. The summed E-state index contributed by atoms with van der Waals surface area (Å²) in [6.07, 6.45) is 1.38. The minimum Gasteiger partial charge on any atom is -0.454 e. The normalized spacial score (nSPS) is 12.3. The minimum absolute atomic E-state index is 0.170. The fourth-order valence-electron chi connectivity index (χ4n) is 2.93. The molecule has 0 saturated carbocycles. The number of aromatic nitrogens is 6. The highest BCUT2D eigenvalue weighted by molar-refractivity contribution is 5.92. The summed E-state index contributed by atoms with van der Waals surface area (Å²) < 4.78 is 10.8. The average molecular weight is 375 g/mol. The zero-order valence-electron chi connectivity index (χ0n) is 14.6. The molecule has 10 nitrogen and oxygen atoms in total. The number of hydrogen-bond donors (Lipinski definition) is 2. The second-order valence-electron chi connectivity index (χ2n) is 6.04. The summed E-state index contributed by atoms with van der Waals surface area (Å²) in [6.45, 7) is 1.60. The van der Waals surface area contributed by atoms with Crippen molar-refractivity contribution in [2.75, 3.05) is 12.1 Å². The second-order valence-corrected chi connectivity index (χ2v) is 6.04. The molecule has 4 aromatic rings. The third-order valence-corrected chi connectivity index (χ3v) is 4.14. The molecule has 2 N–H and O–H groups in total. The maximum absolute atomic E-state index is 11.4. The molecular formula is C18H13N7O3. The van der Waals surface area contributed by atoms with Gasteiger partial charge in [-0.3, -0.25) is 15.2 Å². The summed E-state index contributed by atoms with van der Waals surface area (Å²) in [5, 5.41) is 9.24. The zero-order valence-corrected chi connectivity index (χ0v) is 14.6. The van der Waals surface area contributed by atoms with Crippen LogP contribution in [0.3, 0.4) is 0 Å². The fourth-order valence-corrected chi connectivity index (χ4v) is 2.93. The van der Waals surface area contributed by atoms with E-state index in [1.807, 2.05) is 30.3 Å². The van der Waals surface area contributed by atoms with Crippen molar-refractivity contribution in [1.29, 1.82) is 0 Å². The quantitative estimate of drug-likeness (QED) is 0.557. The first-order valence-corrected chi connectivity index (χ1v) is 8.39. The Bertz CT molecular complexity index is 1210. The number of ether oxygens (including phenoxy) is 2. The van der Waals surface area contributed by atoms with Crippen LogP contribution in [-0.4, -0.2) is 42.8 Å². The molecule has 138 valence electrons. The summed E-state index contributed by atoms with van der Waals surface area (Å²) in [5.41, 5.74) is 3.10. The topological polar surface area (TPSA) is 128 Å². The fraction of sp³-hybridized carbons (Fsp3) is 0.111. The Morgan fingerprint density at radius 2 is 2.00 bits per heavy atom. The van der Waals surface area contributed by atoms with Gasteiger partial charge >= 0.3 is 0 Å². The van der Waals surface area contributed by atoms with Crippen LogP contribution in [0.4, 0.5) is 5.95 Å². The highest BCUT2D eigenvalue weighted by atomic mass is 16.7. The first kappa shape index (κ1) is 16.1. The van der Waals surface area contributed by atoms with E-state index < -0.39 is 0 Å². The number of hydrogen-bond acceptors (Lipinski definition) is 8. The van der Waals surface area contributed by atoms with Crippen LogP contribution < -0.4 is 14.8 Å². The number of H-pyrrole nitrogens is 1. The van der Waals surface area contributed by atoms with E-state index in [0.717, 1.165) is 5.56 Å². The Hall–Kier alpha value is -4.08. The Morgan fingerprint density at radius 1 is 1.11 bits per heavy atom.